The predicted octanol–water partition coefficient (Wildman–Crippen LogP) is 4.49. The summed E-state index contributed by atoms with van der Waals surface area (Å²) < 4.78 is 52.9. The third kappa shape index (κ3) is 8.38. The molecular formula is C26H26BrF4N3O4. The highest BCUT2D eigenvalue weighted by Crippen LogP contribution is 2.30. The van der Waals surface area contributed by atoms with Gasteiger partial charge in [-0.3, -0.25) is 19.3 Å². The number of nitrogens with zero attached hydrogens (tertiary/aromatic N) is 2. The van der Waals surface area contributed by atoms with Gasteiger partial charge in [0.05, 0.1) is 18.2 Å². The number of nitrogens with one attached hydrogen (secondary N) is 1. The van der Waals surface area contributed by atoms with Gasteiger partial charge in [0, 0.05) is 42.2 Å². The fourth-order valence-corrected chi connectivity index (χ4v) is 4.54. The average Bonchev–Trinajstić information content (AvgIpc) is 2.85. The molecule has 1 aliphatic heterocycles. The third-order valence-corrected chi connectivity index (χ3v) is 6.53. The first kappa shape index (κ1) is 29.3. The van der Waals surface area contributed by atoms with Gasteiger partial charge >= 0.3 is 12.1 Å². The van der Waals surface area contributed by atoms with Gasteiger partial charge < -0.3 is 15.3 Å². The Morgan fingerprint density at radius 1 is 1.13 bits per heavy atom. The molecule has 3 rings (SSSR count). The van der Waals surface area contributed by atoms with E-state index in [-0.39, 0.29) is 30.5 Å². The number of piperazine rings is 1. The molecule has 2 aromatic carbocycles. The number of halogens is 5. The quantitative estimate of drug-likeness (QED) is 0.327. The van der Waals surface area contributed by atoms with Crippen LogP contribution in [-0.2, 0) is 20.6 Å². The molecule has 12 heteroatoms. The lowest BCUT2D eigenvalue weighted by atomic mass is 10.0. The maximum absolute atomic E-state index is 14.0. The largest absolute Gasteiger partial charge is 0.481 e. The number of rotatable bonds is 9. The molecule has 38 heavy (non-hydrogen) atoms. The first-order valence-electron chi connectivity index (χ1n) is 11.8. The zero-order valence-electron chi connectivity index (χ0n) is 20.2. The molecule has 0 spiro atoms. The van der Waals surface area contributed by atoms with Crippen molar-refractivity contribution in [1.29, 1.82) is 0 Å². The summed E-state index contributed by atoms with van der Waals surface area (Å²) in [6, 6.07) is 9.14. The Balaban J connectivity index is 1.62. The molecular weight excluding hydrogens is 574 g/mol. The van der Waals surface area contributed by atoms with Gasteiger partial charge in [-0.2, -0.15) is 13.2 Å². The topological polar surface area (TPSA) is 89.9 Å². The second kappa shape index (κ2) is 13.0. The third-order valence-electron chi connectivity index (χ3n) is 6.04. The normalized spacial score (nSPS) is 16.6. The highest BCUT2D eigenvalue weighted by molar-refractivity contribution is 9.10. The van der Waals surface area contributed by atoms with Crippen molar-refractivity contribution in [2.24, 2.45) is 0 Å². The van der Waals surface area contributed by atoms with Gasteiger partial charge in [0.2, 0.25) is 11.8 Å². The van der Waals surface area contributed by atoms with Gasteiger partial charge in [-0.25, -0.2) is 4.39 Å². The van der Waals surface area contributed by atoms with Crippen LogP contribution in [0.3, 0.4) is 0 Å². The second-order valence-corrected chi connectivity index (χ2v) is 9.66. The molecule has 0 radical (unpaired) electrons. The molecule has 2 N–H and O–H groups in total. The minimum Gasteiger partial charge on any atom is -0.481 e. The summed E-state index contributed by atoms with van der Waals surface area (Å²) in [4.78, 5) is 39.9. The van der Waals surface area contributed by atoms with E-state index in [0.29, 0.717) is 44.7 Å². The summed E-state index contributed by atoms with van der Waals surface area (Å²) in [7, 11) is 0. The van der Waals surface area contributed by atoms with Gasteiger partial charge in [-0.1, -0.05) is 34.1 Å². The molecule has 7 nitrogen and oxygen atoms in total. The first-order valence-corrected chi connectivity index (χ1v) is 12.5. The Kier molecular flexibility index (Phi) is 10.0. The van der Waals surface area contributed by atoms with E-state index in [4.69, 9.17) is 5.11 Å². The number of alkyl halides is 3. The van der Waals surface area contributed by atoms with Gasteiger partial charge in [0.25, 0.3) is 0 Å². The van der Waals surface area contributed by atoms with Crippen LogP contribution < -0.4 is 5.32 Å². The van der Waals surface area contributed by atoms with Gasteiger partial charge in [0.15, 0.2) is 0 Å². The lowest BCUT2D eigenvalue weighted by Crippen LogP contribution is -2.53. The minimum atomic E-state index is -4.68. The average molecular weight is 600 g/mol. The van der Waals surface area contributed by atoms with Gasteiger partial charge in [0.1, 0.15) is 5.82 Å². The molecule has 2 amide bonds. The van der Waals surface area contributed by atoms with Crippen molar-refractivity contribution < 1.29 is 37.1 Å². The summed E-state index contributed by atoms with van der Waals surface area (Å²) in [5.41, 5.74) is -0.461. The van der Waals surface area contributed by atoms with Crippen molar-refractivity contribution in [3.05, 3.63) is 75.5 Å². The van der Waals surface area contributed by atoms with E-state index in [1.807, 2.05) is 24.3 Å². The van der Waals surface area contributed by atoms with Crippen molar-refractivity contribution in [1.82, 2.24) is 15.1 Å². The minimum absolute atomic E-state index is 0.0522. The summed E-state index contributed by atoms with van der Waals surface area (Å²) >= 11 is 3.43. The van der Waals surface area contributed by atoms with E-state index in [9.17, 15) is 31.9 Å². The molecule has 0 aliphatic carbocycles. The molecule has 204 valence electrons. The molecule has 0 aromatic heterocycles. The van der Waals surface area contributed by atoms with E-state index < -0.39 is 29.4 Å². The van der Waals surface area contributed by atoms with E-state index >= 15 is 0 Å². The number of aliphatic carboxylic acids is 1. The van der Waals surface area contributed by atoms with Crippen LogP contribution in [0.5, 0.6) is 0 Å². The van der Waals surface area contributed by atoms with Crippen LogP contribution >= 0.6 is 15.9 Å². The molecule has 0 unspecified atom stereocenters. The number of amides is 2. The maximum Gasteiger partial charge on any atom is 0.416 e. The van der Waals surface area contributed by atoms with Crippen molar-refractivity contribution in [2.75, 3.05) is 32.7 Å². The Labute approximate surface area is 225 Å². The lowest BCUT2D eigenvalue weighted by Gasteiger charge is -2.42. The molecule has 1 heterocycles. The highest BCUT2D eigenvalue weighted by atomic mass is 79.9. The smallest absolute Gasteiger partial charge is 0.416 e. The SMILES string of the molecule is O=C(O)CCCN1CCN(C(=O)CNC(=O)/C=C/c2ccc(C(F)(F)F)cc2F)[C@H](c2cccc(Br)c2)C1. The summed E-state index contributed by atoms with van der Waals surface area (Å²) in [6.07, 6.45) is -2.16. The molecule has 1 saturated heterocycles. The summed E-state index contributed by atoms with van der Waals surface area (Å²) in [5.74, 6) is -3.04. The molecule has 1 atom stereocenters. The first-order chi connectivity index (χ1) is 17.9. The van der Waals surface area contributed by atoms with Crippen molar-refractivity contribution in [2.45, 2.75) is 25.1 Å². The molecule has 0 bridgehead atoms. The number of hydrogen-bond acceptors (Lipinski definition) is 4. The van der Waals surface area contributed by atoms with Gasteiger partial charge in [-0.15, -0.1) is 0 Å². The van der Waals surface area contributed by atoms with E-state index in [0.717, 1.165) is 28.3 Å². The van der Waals surface area contributed by atoms with Crippen LogP contribution in [0.2, 0.25) is 0 Å². The zero-order valence-corrected chi connectivity index (χ0v) is 21.8. The lowest BCUT2D eigenvalue weighted by molar-refractivity contribution is -0.138. The number of benzene rings is 2. The highest BCUT2D eigenvalue weighted by Gasteiger charge is 2.32. The number of carboxylic acids is 1. The van der Waals surface area contributed by atoms with E-state index in [1.54, 1.807) is 4.90 Å². The van der Waals surface area contributed by atoms with E-state index in [1.165, 1.54) is 0 Å². The molecule has 1 fully saturated rings. The number of carboxylic acid groups (broad SMARTS) is 1. The summed E-state index contributed by atoms with van der Waals surface area (Å²) in [5, 5.41) is 11.3. The molecule has 0 saturated carbocycles. The fraction of sp³-hybridized carbons (Fsp3) is 0.346. The zero-order chi connectivity index (χ0) is 27.9. The number of carbonyl (C=O) groups excluding carboxylic acids is 2. The standard InChI is InChI=1S/C26H26BrF4N3O4/c27-20-4-1-3-18(13-20)22-16-33(10-2-5-25(37)38)11-12-34(22)24(36)15-32-23(35)9-7-17-6-8-19(14-21(17)28)26(29,30)31/h1,3-4,6-9,13-14,22H,2,5,10-12,15-16H2,(H,32,35)(H,37,38)/b9-7+/t22-/m0/s1. The van der Waals surface area contributed by atoms with Gasteiger partial charge in [-0.05, 0) is 48.9 Å². The van der Waals surface area contributed by atoms with E-state index in [2.05, 4.69) is 26.1 Å². The van der Waals surface area contributed by atoms with Crippen molar-refractivity contribution >= 4 is 39.8 Å². The summed E-state index contributed by atoms with van der Waals surface area (Å²) in [6.45, 7) is 1.63. The number of hydrogen-bond donors (Lipinski definition) is 2. The Bertz CT molecular complexity index is 1210. The van der Waals surface area contributed by atoms with Crippen LogP contribution in [0.15, 0.2) is 53.0 Å². The monoisotopic (exact) mass is 599 g/mol. The van der Waals surface area contributed by atoms with Crippen LogP contribution in [0.25, 0.3) is 6.08 Å². The van der Waals surface area contributed by atoms with Crippen LogP contribution in [-0.4, -0.2) is 65.4 Å². The number of carbonyl (C=O) groups is 3. The second-order valence-electron chi connectivity index (χ2n) is 8.74. The Morgan fingerprint density at radius 3 is 2.55 bits per heavy atom. The predicted molar refractivity (Wildman–Crippen MR) is 135 cm³/mol. The Hall–Kier alpha value is -3.25. The Morgan fingerprint density at radius 2 is 1.89 bits per heavy atom. The molecule has 2 aromatic rings. The van der Waals surface area contributed by atoms with Crippen LogP contribution in [0.1, 0.15) is 35.6 Å². The maximum atomic E-state index is 14.0. The fourth-order valence-electron chi connectivity index (χ4n) is 4.12. The molecule has 1 aliphatic rings. The van der Waals surface area contributed by atoms with Crippen LogP contribution in [0, 0.1) is 5.82 Å². The van der Waals surface area contributed by atoms with Crippen LogP contribution in [0.4, 0.5) is 17.6 Å². The van der Waals surface area contributed by atoms with Crippen molar-refractivity contribution in [3.63, 3.8) is 0 Å². The van der Waals surface area contributed by atoms with Crippen molar-refractivity contribution in [3.8, 4) is 0 Å².